The van der Waals surface area contributed by atoms with Gasteiger partial charge in [0.25, 0.3) is 0 Å². The Morgan fingerprint density at radius 2 is 1.81 bits per heavy atom. The van der Waals surface area contributed by atoms with Crippen molar-refractivity contribution < 1.29 is 8.42 Å². The molecular weight excluding hydrogens is 348 g/mol. The number of aryl methyl sites for hydroxylation is 3. The molecule has 0 saturated heterocycles. The van der Waals surface area contributed by atoms with Crippen molar-refractivity contribution in [1.29, 1.82) is 0 Å². The van der Waals surface area contributed by atoms with E-state index in [-0.39, 0.29) is 5.41 Å². The molecular formula is C19H28N4O2S. The number of hydrogen-bond acceptors (Lipinski definition) is 4. The molecule has 0 saturated carbocycles. The Morgan fingerprint density at radius 1 is 1.15 bits per heavy atom. The molecule has 7 heteroatoms. The second-order valence-corrected chi connectivity index (χ2v) is 9.83. The zero-order chi connectivity index (χ0) is 19.1. The molecule has 2 heterocycles. The first-order valence-electron chi connectivity index (χ1n) is 9.12. The summed E-state index contributed by atoms with van der Waals surface area (Å²) in [6.45, 7) is 11.4. The van der Waals surface area contributed by atoms with Gasteiger partial charge in [-0.05, 0) is 42.4 Å². The third kappa shape index (κ3) is 3.69. The van der Waals surface area contributed by atoms with Crippen molar-refractivity contribution in [3.05, 3.63) is 40.5 Å². The fraction of sp³-hybridized carbons (Fsp3) is 0.579. The molecule has 6 nitrogen and oxygen atoms in total. The molecule has 0 fully saturated rings. The molecule has 26 heavy (non-hydrogen) atoms. The van der Waals surface area contributed by atoms with E-state index < -0.39 is 10.0 Å². The van der Waals surface area contributed by atoms with Crippen molar-refractivity contribution in [3.63, 3.8) is 0 Å². The van der Waals surface area contributed by atoms with Crippen LogP contribution in [0.2, 0.25) is 0 Å². The van der Waals surface area contributed by atoms with E-state index in [9.17, 15) is 8.42 Å². The molecule has 1 aliphatic heterocycles. The van der Waals surface area contributed by atoms with Gasteiger partial charge in [-0.15, -0.1) is 10.2 Å². The molecule has 1 N–H and O–H groups in total. The van der Waals surface area contributed by atoms with Gasteiger partial charge in [0, 0.05) is 25.9 Å². The predicted molar refractivity (Wildman–Crippen MR) is 102 cm³/mol. The maximum Gasteiger partial charge on any atom is 0.241 e. The summed E-state index contributed by atoms with van der Waals surface area (Å²) in [5, 5.41) is 8.35. The fourth-order valence-electron chi connectivity index (χ4n) is 3.57. The lowest BCUT2D eigenvalue weighted by atomic mass is 9.85. The lowest BCUT2D eigenvalue weighted by Gasteiger charge is -2.22. The Labute approximate surface area is 156 Å². The van der Waals surface area contributed by atoms with Crippen LogP contribution in [0.25, 0.3) is 0 Å². The Balaban J connectivity index is 1.76. The first kappa shape index (κ1) is 19.0. The van der Waals surface area contributed by atoms with Crippen molar-refractivity contribution in [1.82, 2.24) is 19.5 Å². The van der Waals surface area contributed by atoms with Gasteiger partial charge in [0.15, 0.2) is 0 Å². The standard InChI is InChI=1S/C19H28N4O2S/c1-13-11-15(19(3,4)5)12-14(2)18(13)26(24,25)20-9-8-17-22-21-16-7-6-10-23(16)17/h11-12,20H,6-10H2,1-5H3. The van der Waals surface area contributed by atoms with E-state index in [1.165, 1.54) is 0 Å². The number of benzene rings is 1. The number of fused-ring (bicyclic) bond motifs is 1. The van der Waals surface area contributed by atoms with Gasteiger partial charge in [-0.1, -0.05) is 32.9 Å². The van der Waals surface area contributed by atoms with Crippen LogP contribution in [0.15, 0.2) is 17.0 Å². The van der Waals surface area contributed by atoms with Crippen LogP contribution in [0.3, 0.4) is 0 Å². The Kier molecular flexibility index (Phi) is 4.96. The Morgan fingerprint density at radius 3 is 2.42 bits per heavy atom. The summed E-state index contributed by atoms with van der Waals surface area (Å²) >= 11 is 0. The monoisotopic (exact) mass is 376 g/mol. The highest BCUT2D eigenvalue weighted by atomic mass is 32.2. The summed E-state index contributed by atoms with van der Waals surface area (Å²) in [4.78, 5) is 0.386. The molecule has 3 rings (SSSR count). The van der Waals surface area contributed by atoms with Crippen LogP contribution in [0.5, 0.6) is 0 Å². The van der Waals surface area contributed by atoms with Crippen molar-refractivity contribution in [2.45, 2.75) is 70.7 Å². The number of rotatable bonds is 5. The second kappa shape index (κ2) is 6.78. The van der Waals surface area contributed by atoms with E-state index in [1.54, 1.807) is 0 Å². The third-order valence-electron chi connectivity index (χ3n) is 4.92. The van der Waals surface area contributed by atoms with Gasteiger partial charge in [-0.3, -0.25) is 0 Å². The van der Waals surface area contributed by atoms with E-state index in [1.807, 2.05) is 26.0 Å². The number of aromatic nitrogens is 3. The van der Waals surface area contributed by atoms with Crippen LogP contribution in [-0.2, 0) is 34.8 Å². The molecule has 0 atom stereocenters. The zero-order valence-corrected chi connectivity index (χ0v) is 17.1. The van der Waals surface area contributed by atoms with Gasteiger partial charge in [0.2, 0.25) is 10.0 Å². The molecule has 0 spiro atoms. The minimum Gasteiger partial charge on any atom is -0.315 e. The first-order chi connectivity index (χ1) is 12.1. The highest BCUT2D eigenvalue weighted by molar-refractivity contribution is 7.89. The summed E-state index contributed by atoms with van der Waals surface area (Å²) < 4.78 is 30.5. The quantitative estimate of drug-likeness (QED) is 0.870. The normalized spacial score (nSPS) is 14.7. The van der Waals surface area contributed by atoms with Crippen molar-refractivity contribution in [3.8, 4) is 0 Å². The van der Waals surface area contributed by atoms with Gasteiger partial charge in [0.05, 0.1) is 4.90 Å². The lowest BCUT2D eigenvalue weighted by Crippen LogP contribution is -2.28. The van der Waals surface area contributed by atoms with E-state index in [2.05, 4.69) is 40.3 Å². The molecule has 0 amide bonds. The zero-order valence-electron chi connectivity index (χ0n) is 16.3. The number of nitrogens with zero attached hydrogens (tertiary/aromatic N) is 3. The number of nitrogens with one attached hydrogen (secondary N) is 1. The van der Waals surface area contributed by atoms with Crippen LogP contribution in [0.4, 0.5) is 0 Å². The van der Waals surface area contributed by atoms with E-state index >= 15 is 0 Å². The second-order valence-electron chi connectivity index (χ2n) is 8.12. The molecule has 2 aromatic rings. The topological polar surface area (TPSA) is 76.9 Å². The van der Waals surface area contributed by atoms with Crippen LogP contribution in [0, 0.1) is 13.8 Å². The van der Waals surface area contributed by atoms with E-state index in [0.29, 0.717) is 17.9 Å². The molecule has 1 aliphatic rings. The van der Waals surface area contributed by atoms with Crippen molar-refractivity contribution in [2.24, 2.45) is 0 Å². The maximum absolute atomic E-state index is 12.8. The van der Waals surface area contributed by atoms with Crippen LogP contribution < -0.4 is 4.72 Å². The Bertz CT molecular complexity index is 900. The van der Waals surface area contributed by atoms with Gasteiger partial charge >= 0.3 is 0 Å². The van der Waals surface area contributed by atoms with E-state index in [0.717, 1.165) is 47.7 Å². The van der Waals surface area contributed by atoms with Gasteiger partial charge < -0.3 is 4.57 Å². The predicted octanol–water partition coefficient (Wildman–Crippen LogP) is 2.66. The summed E-state index contributed by atoms with van der Waals surface area (Å²) in [5.74, 6) is 1.86. The summed E-state index contributed by atoms with van der Waals surface area (Å²) in [6.07, 6.45) is 2.59. The van der Waals surface area contributed by atoms with E-state index in [4.69, 9.17) is 0 Å². The summed E-state index contributed by atoms with van der Waals surface area (Å²) in [6, 6.07) is 3.96. The largest absolute Gasteiger partial charge is 0.315 e. The van der Waals surface area contributed by atoms with Gasteiger partial charge in [-0.2, -0.15) is 0 Å². The van der Waals surface area contributed by atoms with Crippen molar-refractivity contribution >= 4 is 10.0 Å². The minimum absolute atomic E-state index is 0.0146. The van der Waals surface area contributed by atoms with Crippen LogP contribution in [-0.4, -0.2) is 29.7 Å². The average Bonchev–Trinajstić information content (AvgIpc) is 3.09. The van der Waals surface area contributed by atoms with Crippen LogP contribution in [0.1, 0.15) is 55.5 Å². The molecule has 1 aromatic carbocycles. The van der Waals surface area contributed by atoms with Gasteiger partial charge in [-0.25, -0.2) is 13.1 Å². The smallest absolute Gasteiger partial charge is 0.241 e. The first-order valence-corrected chi connectivity index (χ1v) is 10.6. The minimum atomic E-state index is -3.56. The van der Waals surface area contributed by atoms with Gasteiger partial charge in [0.1, 0.15) is 11.6 Å². The molecule has 142 valence electrons. The van der Waals surface area contributed by atoms with Crippen molar-refractivity contribution in [2.75, 3.05) is 6.54 Å². The SMILES string of the molecule is Cc1cc(C(C)(C)C)cc(C)c1S(=O)(=O)NCCc1nnc2n1CCC2. The third-order valence-corrected chi connectivity index (χ3v) is 6.69. The molecule has 0 unspecified atom stereocenters. The Hall–Kier alpha value is -1.73. The lowest BCUT2D eigenvalue weighted by molar-refractivity contribution is 0.574. The number of sulfonamides is 1. The van der Waals surface area contributed by atoms with Crippen LogP contribution >= 0.6 is 0 Å². The molecule has 1 aromatic heterocycles. The highest BCUT2D eigenvalue weighted by Gasteiger charge is 2.23. The molecule has 0 radical (unpaired) electrons. The molecule has 0 bridgehead atoms. The maximum atomic E-state index is 12.8. The highest BCUT2D eigenvalue weighted by Crippen LogP contribution is 2.29. The summed E-state index contributed by atoms with van der Waals surface area (Å²) in [5.41, 5.74) is 2.70. The fourth-order valence-corrected chi connectivity index (χ4v) is 5.05. The summed E-state index contributed by atoms with van der Waals surface area (Å²) in [7, 11) is -3.56. The average molecular weight is 377 g/mol. The number of hydrogen-bond donors (Lipinski definition) is 1. The molecule has 0 aliphatic carbocycles.